The van der Waals surface area contributed by atoms with E-state index in [-0.39, 0.29) is 16.9 Å². The summed E-state index contributed by atoms with van der Waals surface area (Å²) in [4.78, 5) is 15.2. The molecule has 0 amide bonds. The summed E-state index contributed by atoms with van der Waals surface area (Å²) in [5.74, 6) is 1.82. The van der Waals surface area contributed by atoms with Gasteiger partial charge in [0.25, 0.3) is 0 Å². The molecule has 3 fully saturated rings. The van der Waals surface area contributed by atoms with E-state index in [0.717, 1.165) is 12.5 Å². The van der Waals surface area contributed by atoms with E-state index in [2.05, 4.69) is 15.2 Å². The third kappa shape index (κ3) is 5.28. The van der Waals surface area contributed by atoms with E-state index in [9.17, 15) is 17.4 Å². The number of imidazole rings is 1. The molecule has 0 saturated carbocycles. The second-order valence-electron chi connectivity index (χ2n) is 11.1. The summed E-state index contributed by atoms with van der Waals surface area (Å²) < 4.78 is 61.7. The summed E-state index contributed by atoms with van der Waals surface area (Å²) in [5.41, 5.74) is 1.44. The molecule has 0 bridgehead atoms. The summed E-state index contributed by atoms with van der Waals surface area (Å²) >= 11 is 0. The number of aryl methyl sites for hydroxylation is 1. The zero-order valence-electron chi connectivity index (χ0n) is 23.2. The number of alkyl halides is 3. The van der Waals surface area contributed by atoms with Crippen LogP contribution in [0.25, 0.3) is 5.65 Å². The second-order valence-corrected chi connectivity index (χ2v) is 13.0. The van der Waals surface area contributed by atoms with Gasteiger partial charge in [0.2, 0.25) is 0 Å². The van der Waals surface area contributed by atoms with Crippen molar-refractivity contribution in [3.63, 3.8) is 0 Å². The zero-order valence-corrected chi connectivity index (χ0v) is 24.1. The minimum Gasteiger partial charge on any atom is -0.378 e. The molecule has 0 radical (unpaired) electrons. The van der Waals surface area contributed by atoms with Crippen LogP contribution < -0.4 is 10.2 Å². The molecule has 2 aromatic heterocycles. The van der Waals surface area contributed by atoms with Crippen LogP contribution in [0.3, 0.4) is 0 Å². The van der Waals surface area contributed by atoms with Crippen molar-refractivity contribution in [2.75, 3.05) is 69.5 Å². The Kier molecular flexibility index (Phi) is 7.19. The SMILES string of the molecule is Cc1nc2c(N=CN(C)C)cc(N3CCOCC3)nn2c1Nc1cccc(C(F)(F)F)c1CN1CC2(CCS2=O)C1. The number of rotatable bonds is 7. The van der Waals surface area contributed by atoms with Crippen LogP contribution in [0.5, 0.6) is 0 Å². The monoisotopic (exact) mass is 590 g/mol. The molecule has 10 nitrogen and oxygen atoms in total. The fourth-order valence-corrected chi connectivity index (χ4v) is 7.21. The Labute approximate surface area is 238 Å². The highest BCUT2D eigenvalue weighted by Gasteiger charge is 2.53. The van der Waals surface area contributed by atoms with E-state index in [4.69, 9.17) is 14.8 Å². The maximum Gasteiger partial charge on any atom is 0.416 e. The predicted octanol–water partition coefficient (Wildman–Crippen LogP) is 3.56. The number of hydrogen-bond acceptors (Lipinski definition) is 8. The van der Waals surface area contributed by atoms with Gasteiger partial charge in [-0.25, -0.2) is 9.98 Å². The minimum absolute atomic E-state index is 0.0948. The first kappa shape index (κ1) is 27.9. The van der Waals surface area contributed by atoms with Gasteiger partial charge < -0.3 is 19.9 Å². The number of anilines is 3. The van der Waals surface area contributed by atoms with Crippen LogP contribution in [0.2, 0.25) is 0 Å². The normalized spacial score (nSPS) is 20.9. The summed E-state index contributed by atoms with van der Waals surface area (Å²) in [6.45, 7) is 5.43. The average molecular weight is 591 g/mol. The Morgan fingerprint density at radius 3 is 2.63 bits per heavy atom. The van der Waals surface area contributed by atoms with Crippen molar-refractivity contribution < 1.29 is 22.1 Å². The highest BCUT2D eigenvalue weighted by atomic mass is 32.2. The molecule has 3 aliphatic heterocycles. The van der Waals surface area contributed by atoms with E-state index in [0.29, 0.717) is 79.5 Å². The second kappa shape index (κ2) is 10.6. The maximum absolute atomic E-state index is 14.2. The Morgan fingerprint density at radius 1 is 1.24 bits per heavy atom. The van der Waals surface area contributed by atoms with E-state index in [1.54, 1.807) is 23.8 Å². The van der Waals surface area contributed by atoms with Gasteiger partial charge in [-0.05, 0) is 25.5 Å². The molecule has 14 heteroatoms. The molecule has 1 atom stereocenters. The Bertz CT molecular complexity index is 1510. The lowest BCUT2D eigenvalue weighted by molar-refractivity contribution is -0.138. The molecule has 1 unspecified atom stereocenters. The molecule has 1 N–H and O–H groups in total. The van der Waals surface area contributed by atoms with Crippen LogP contribution in [0.4, 0.5) is 36.2 Å². The van der Waals surface area contributed by atoms with Crippen molar-refractivity contribution >= 4 is 45.8 Å². The number of ether oxygens (including phenoxy) is 1. The molecular formula is C27H33F3N8O2S. The van der Waals surface area contributed by atoms with Gasteiger partial charge in [0.1, 0.15) is 5.69 Å². The fraction of sp³-hybridized carbons (Fsp3) is 0.519. The summed E-state index contributed by atoms with van der Waals surface area (Å²) in [5, 5.41) is 8.10. The van der Waals surface area contributed by atoms with Gasteiger partial charge in [0.05, 0.1) is 35.6 Å². The number of nitrogens with zero attached hydrogens (tertiary/aromatic N) is 7. The number of likely N-dealkylation sites (tertiary alicyclic amines) is 1. The van der Waals surface area contributed by atoms with Gasteiger partial charge in [-0.15, -0.1) is 5.10 Å². The Hall–Kier alpha value is -3.23. The van der Waals surface area contributed by atoms with E-state index >= 15 is 0 Å². The van der Waals surface area contributed by atoms with Crippen molar-refractivity contribution in [1.82, 2.24) is 24.4 Å². The molecule has 6 rings (SSSR count). The first-order valence-electron chi connectivity index (χ1n) is 13.5. The van der Waals surface area contributed by atoms with Crippen LogP contribution >= 0.6 is 0 Å². The van der Waals surface area contributed by atoms with Crippen LogP contribution in [-0.4, -0.2) is 98.9 Å². The summed E-state index contributed by atoms with van der Waals surface area (Å²) in [6, 6.07) is 6.04. The standard InChI is InChI=1S/C27H33F3N8O2S/c1-18-24(38-25(32-18)22(31-17-35(2)3)13-23(34-38)37-8-10-40-11-9-37)33-21-6-4-5-20(27(28,29)30)19(21)14-36-15-26(16-36)7-12-41(26)39/h4-6,13,17,33H,7-12,14-16H2,1-3H3. The quantitative estimate of drug-likeness (QED) is 0.330. The Morgan fingerprint density at radius 2 is 2.00 bits per heavy atom. The number of fused-ring (bicyclic) bond motifs is 1. The smallest absolute Gasteiger partial charge is 0.378 e. The molecule has 3 saturated heterocycles. The van der Waals surface area contributed by atoms with Crippen LogP contribution in [0.1, 0.15) is 23.2 Å². The molecule has 1 spiro atoms. The van der Waals surface area contributed by atoms with Gasteiger partial charge in [0.15, 0.2) is 17.3 Å². The molecule has 1 aromatic carbocycles. The van der Waals surface area contributed by atoms with Crippen LogP contribution in [0.15, 0.2) is 29.3 Å². The summed E-state index contributed by atoms with van der Waals surface area (Å²) in [7, 11) is 2.84. The molecule has 3 aromatic rings. The zero-order chi connectivity index (χ0) is 28.9. The third-order valence-corrected chi connectivity index (χ3v) is 9.86. The molecular weight excluding hydrogens is 557 g/mol. The number of aliphatic imine (C=N–C) groups is 1. The van der Waals surface area contributed by atoms with Gasteiger partial charge in [-0.1, -0.05) is 6.07 Å². The van der Waals surface area contributed by atoms with Crippen molar-refractivity contribution in [3.05, 3.63) is 41.1 Å². The number of aromatic nitrogens is 3. The molecule has 0 aliphatic carbocycles. The first-order valence-corrected chi connectivity index (χ1v) is 14.9. The number of benzene rings is 1. The highest BCUT2D eigenvalue weighted by molar-refractivity contribution is 7.88. The maximum atomic E-state index is 14.2. The average Bonchev–Trinajstić information content (AvgIpc) is 3.23. The van der Waals surface area contributed by atoms with Crippen LogP contribution in [0, 0.1) is 6.92 Å². The van der Waals surface area contributed by atoms with E-state index in [1.807, 2.05) is 30.0 Å². The minimum atomic E-state index is -4.53. The van der Waals surface area contributed by atoms with Crippen molar-refractivity contribution in [1.29, 1.82) is 0 Å². The lowest BCUT2D eigenvalue weighted by atomic mass is 9.93. The number of halogens is 3. The first-order chi connectivity index (χ1) is 19.5. The number of nitrogens with one attached hydrogen (secondary N) is 1. The lowest BCUT2D eigenvalue weighted by Crippen LogP contribution is -2.69. The topological polar surface area (TPSA) is 90.6 Å². The van der Waals surface area contributed by atoms with Crippen molar-refractivity contribution in [2.45, 2.75) is 30.8 Å². The largest absolute Gasteiger partial charge is 0.416 e. The van der Waals surface area contributed by atoms with Gasteiger partial charge in [0, 0.05) is 80.7 Å². The van der Waals surface area contributed by atoms with Crippen molar-refractivity contribution in [3.8, 4) is 0 Å². The third-order valence-electron chi connectivity index (χ3n) is 7.85. The van der Waals surface area contributed by atoms with Gasteiger partial charge in [-0.2, -0.15) is 17.7 Å². The van der Waals surface area contributed by atoms with Gasteiger partial charge >= 0.3 is 6.18 Å². The predicted molar refractivity (Wildman–Crippen MR) is 153 cm³/mol. The Balaban J connectivity index is 1.40. The number of hydrogen-bond donors (Lipinski definition) is 1. The highest BCUT2D eigenvalue weighted by Crippen LogP contribution is 2.43. The van der Waals surface area contributed by atoms with Crippen LogP contribution in [-0.2, 0) is 28.3 Å². The lowest BCUT2D eigenvalue weighted by Gasteiger charge is -2.54. The molecule has 220 valence electrons. The summed E-state index contributed by atoms with van der Waals surface area (Å²) in [6.07, 6.45) is -1.99. The molecule has 3 aliphatic rings. The van der Waals surface area contributed by atoms with Crippen molar-refractivity contribution in [2.24, 2.45) is 4.99 Å². The molecule has 5 heterocycles. The fourth-order valence-electron chi connectivity index (χ4n) is 5.61. The van der Waals surface area contributed by atoms with E-state index < -0.39 is 22.5 Å². The molecule has 41 heavy (non-hydrogen) atoms. The van der Waals surface area contributed by atoms with Gasteiger partial charge in [-0.3, -0.25) is 9.11 Å². The number of morpholine rings is 1. The van der Waals surface area contributed by atoms with E-state index in [1.165, 1.54) is 6.07 Å².